The summed E-state index contributed by atoms with van der Waals surface area (Å²) in [5.74, 6) is 1.86. The fraction of sp³-hybridized carbons (Fsp3) is 0.826. The molecule has 1 amide bonds. The topological polar surface area (TPSA) is 138 Å². The molecule has 0 saturated heterocycles. The van der Waals surface area contributed by atoms with Crippen molar-refractivity contribution < 1.29 is 9.90 Å². The van der Waals surface area contributed by atoms with Crippen LogP contribution in [0.5, 0.6) is 0 Å². The first-order chi connectivity index (χ1) is 16.1. The third kappa shape index (κ3) is 15.6. The highest BCUT2D eigenvalue weighted by Gasteiger charge is 2.12. The number of amides is 1. The van der Waals surface area contributed by atoms with E-state index in [-0.39, 0.29) is 6.04 Å². The van der Waals surface area contributed by atoms with Crippen molar-refractivity contribution in [2.24, 2.45) is 5.73 Å². The summed E-state index contributed by atoms with van der Waals surface area (Å²) in [4.78, 5) is 23.7. The lowest BCUT2D eigenvalue weighted by Gasteiger charge is -2.13. The van der Waals surface area contributed by atoms with E-state index in [2.05, 4.69) is 50.5 Å². The maximum Gasteiger partial charge on any atom is 0.404 e. The summed E-state index contributed by atoms with van der Waals surface area (Å²) in [5.41, 5.74) is 6.06. The predicted octanol–water partition coefficient (Wildman–Crippen LogP) is 4.98. The van der Waals surface area contributed by atoms with Crippen LogP contribution < -0.4 is 21.7 Å². The van der Waals surface area contributed by atoms with E-state index in [1.165, 1.54) is 70.6 Å². The van der Waals surface area contributed by atoms with E-state index in [1.807, 2.05) is 0 Å². The van der Waals surface area contributed by atoms with Crippen LogP contribution in [-0.2, 0) is 0 Å². The van der Waals surface area contributed by atoms with Gasteiger partial charge in [-0.25, -0.2) is 4.79 Å². The van der Waals surface area contributed by atoms with E-state index in [9.17, 15) is 4.79 Å². The van der Waals surface area contributed by atoms with Crippen molar-refractivity contribution in [3.05, 3.63) is 5.82 Å². The molecule has 1 atom stereocenters. The molecule has 0 saturated carbocycles. The fourth-order valence-corrected chi connectivity index (χ4v) is 3.61. The summed E-state index contributed by atoms with van der Waals surface area (Å²) in [7, 11) is 0. The van der Waals surface area contributed by atoms with Crippen LogP contribution in [0.4, 0.5) is 16.7 Å². The van der Waals surface area contributed by atoms with Gasteiger partial charge in [0.2, 0.25) is 11.9 Å². The molecule has 0 aliphatic rings. The van der Waals surface area contributed by atoms with Gasteiger partial charge in [0.15, 0.2) is 5.82 Å². The van der Waals surface area contributed by atoms with E-state index in [0.29, 0.717) is 43.0 Å². The number of carbonyl (C=O) groups is 1. The molecule has 0 spiro atoms. The molecular formula is C23H45N7O2S. The van der Waals surface area contributed by atoms with Crippen LogP contribution in [0.15, 0.2) is 0 Å². The molecule has 9 nitrogen and oxygen atoms in total. The molecule has 0 bridgehead atoms. The van der Waals surface area contributed by atoms with Gasteiger partial charge >= 0.3 is 6.09 Å². The molecule has 1 aromatic heterocycles. The molecule has 33 heavy (non-hydrogen) atoms. The summed E-state index contributed by atoms with van der Waals surface area (Å²) in [5, 5.41) is 17.3. The highest BCUT2D eigenvalue weighted by atomic mass is 32.1. The molecular weight excluding hydrogens is 438 g/mol. The molecule has 0 radical (unpaired) electrons. The number of aromatic nitrogens is 3. The number of unbranched alkanes of at least 4 members (excludes halogenated alkanes) is 11. The third-order valence-corrected chi connectivity index (χ3v) is 5.80. The maximum atomic E-state index is 10.5. The van der Waals surface area contributed by atoms with Gasteiger partial charge in [-0.15, -0.1) is 0 Å². The van der Waals surface area contributed by atoms with E-state index in [4.69, 9.17) is 10.8 Å². The number of thiol groups is 1. The van der Waals surface area contributed by atoms with Crippen molar-refractivity contribution in [3.8, 4) is 0 Å². The van der Waals surface area contributed by atoms with Gasteiger partial charge in [0.25, 0.3) is 0 Å². The van der Waals surface area contributed by atoms with Crippen molar-refractivity contribution in [1.82, 2.24) is 20.3 Å². The van der Waals surface area contributed by atoms with Gasteiger partial charge in [-0.1, -0.05) is 77.6 Å². The Morgan fingerprint density at radius 3 is 1.79 bits per heavy atom. The molecule has 0 aliphatic heterocycles. The monoisotopic (exact) mass is 483 g/mol. The largest absolute Gasteiger partial charge is 0.465 e. The smallest absolute Gasteiger partial charge is 0.404 e. The predicted molar refractivity (Wildman–Crippen MR) is 139 cm³/mol. The zero-order valence-electron chi connectivity index (χ0n) is 20.3. The van der Waals surface area contributed by atoms with Gasteiger partial charge in [-0.05, 0) is 12.8 Å². The van der Waals surface area contributed by atoms with Crippen LogP contribution in [0, 0.1) is 0 Å². The second-order valence-corrected chi connectivity index (χ2v) is 8.82. The molecule has 0 aliphatic carbocycles. The molecule has 6 N–H and O–H groups in total. The number of hydrogen-bond acceptors (Lipinski definition) is 8. The summed E-state index contributed by atoms with van der Waals surface area (Å²) in [6.45, 7) is 3.97. The molecule has 0 aromatic carbocycles. The van der Waals surface area contributed by atoms with Gasteiger partial charge in [-0.3, -0.25) is 0 Å². The van der Waals surface area contributed by atoms with Crippen LogP contribution in [0.3, 0.4) is 0 Å². The first-order valence-corrected chi connectivity index (χ1v) is 13.3. The number of anilines is 2. The second-order valence-electron chi connectivity index (χ2n) is 8.46. The molecule has 0 fully saturated rings. The Morgan fingerprint density at radius 1 is 0.818 bits per heavy atom. The Bertz CT molecular complexity index is 637. The lowest BCUT2D eigenvalue weighted by molar-refractivity contribution is 0.194. The van der Waals surface area contributed by atoms with E-state index in [0.717, 1.165) is 13.0 Å². The highest BCUT2D eigenvalue weighted by Crippen LogP contribution is 2.14. The molecule has 1 aromatic rings. The normalized spacial score (nSPS) is 11.8. The summed E-state index contributed by atoms with van der Waals surface area (Å²) in [6, 6.07) is -0.377. The molecule has 10 heteroatoms. The van der Waals surface area contributed by atoms with Crippen LogP contribution in [-0.4, -0.2) is 51.5 Å². The van der Waals surface area contributed by atoms with Crippen molar-refractivity contribution in [3.63, 3.8) is 0 Å². The summed E-state index contributed by atoms with van der Waals surface area (Å²) < 4.78 is 0. The number of carboxylic acid groups (broad SMARTS) is 1. The van der Waals surface area contributed by atoms with Crippen molar-refractivity contribution in [2.75, 3.05) is 36.0 Å². The van der Waals surface area contributed by atoms with Crippen molar-refractivity contribution in [2.45, 2.75) is 96.4 Å². The van der Waals surface area contributed by atoms with E-state index in [1.54, 1.807) is 0 Å². The Labute approximate surface area is 204 Å². The van der Waals surface area contributed by atoms with E-state index < -0.39 is 6.09 Å². The first-order valence-electron chi connectivity index (χ1n) is 12.6. The van der Waals surface area contributed by atoms with Gasteiger partial charge in [0.05, 0.1) is 6.04 Å². The van der Waals surface area contributed by atoms with Crippen LogP contribution in [0.25, 0.3) is 0 Å². The lowest BCUT2D eigenvalue weighted by Crippen LogP contribution is -2.24. The molecule has 1 unspecified atom stereocenters. The number of nitrogens with two attached hydrogens (primary N) is 1. The Hall–Kier alpha value is -1.81. The Balaban J connectivity index is 2.25. The highest BCUT2D eigenvalue weighted by molar-refractivity contribution is 7.80. The molecule has 1 rings (SSSR count). The SMILES string of the molecule is CCCCCCCCCCCCCCNc1nc(NCCCNC(=O)O)nc(C(N)CS)n1. The molecule has 190 valence electrons. The quantitative estimate of drug-likeness (QED) is 0.106. The number of hydrogen-bond donors (Lipinski definition) is 6. The minimum atomic E-state index is -1.03. The first kappa shape index (κ1) is 29.2. The van der Waals surface area contributed by atoms with Crippen molar-refractivity contribution >= 4 is 30.6 Å². The van der Waals surface area contributed by atoms with Gasteiger partial charge in [0, 0.05) is 25.4 Å². The molecule has 1 heterocycles. The summed E-state index contributed by atoms with van der Waals surface area (Å²) in [6.07, 6.45) is 15.4. The number of nitrogens with one attached hydrogen (secondary N) is 3. The van der Waals surface area contributed by atoms with Crippen LogP contribution in [0.1, 0.15) is 102 Å². The standard InChI is InChI=1S/C23H45N7O2S/c1-2-3-4-5-6-7-8-9-10-11-12-13-15-25-21-28-20(19(24)18-33)29-22(30-21)26-16-14-17-27-23(31)32/h19,27,33H,2-18,24H2,1H3,(H,31,32)(H2,25,26,28,29,30). The van der Waals surface area contributed by atoms with Gasteiger partial charge in [0.1, 0.15) is 0 Å². The minimum absolute atomic E-state index is 0.362. The average molecular weight is 484 g/mol. The number of nitrogens with zero attached hydrogens (tertiary/aromatic N) is 3. The zero-order valence-corrected chi connectivity index (χ0v) is 21.2. The fourth-order valence-electron chi connectivity index (χ4n) is 3.45. The van der Waals surface area contributed by atoms with Gasteiger partial charge in [-0.2, -0.15) is 27.6 Å². The van der Waals surface area contributed by atoms with Crippen molar-refractivity contribution in [1.29, 1.82) is 0 Å². The van der Waals surface area contributed by atoms with Gasteiger partial charge < -0.3 is 26.8 Å². The Morgan fingerprint density at radius 2 is 1.30 bits per heavy atom. The van der Waals surface area contributed by atoms with E-state index >= 15 is 0 Å². The van der Waals surface area contributed by atoms with Crippen LogP contribution >= 0.6 is 12.6 Å². The average Bonchev–Trinajstić information content (AvgIpc) is 2.81. The maximum absolute atomic E-state index is 10.5. The zero-order chi connectivity index (χ0) is 24.2. The third-order valence-electron chi connectivity index (χ3n) is 5.41. The Kier molecular flexibility index (Phi) is 17.4. The number of rotatable bonds is 21. The van der Waals surface area contributed by atoms with Crippen LogP contribution in [0.2, 0.25) is 0 Å². The second kappa shape index (κ2) is 19.6. The minimum Gasteiger partial charge on any atom is -0.465 e. The summed E-state index contributed by atoms with van der Waals surface area (Å²) >= 11 is 4.24. The lowest BCUT2D eigenvalue weighted by atomic mass is 10.1.